The van der Waals surface area contributed by atoms with Crippen molar-refractivity contribution >= 4 is 0 Å². The molecule has 0 aromatic heterocycles. The molecule has 1 rings (SSSR count). The quantitative estimate of drug-likeness (QED) is 0.814. The zero-order valence-electron chi connectivity index (χ0n) is 11.8. The lowest BCUT2D eigenvalue weighted by Gasteiger charge is -2.28. The molecule has 17 heavy (non-hydrogen) atoms. The van der Waals surface area contributed by atoms with E-state index in [1.807, 2.05) is 7.05 Å². The fraction of sp³-hybridized carbons (Fsp3) is 0.600. The van der Waals surface area contributed by atoms with Crippen molar-refractivity contribution in [1.82, 2.24) is 10.2 Å². The van der Waals surface area contributed by atoms with E-state index in [1.54, 1.807) is 0 Å². The van der Waals surface area contributed by atoms with E-state index in [4.69, 9.17) is 0 Å². The van der Waals surface area contributed by atoms with Crippen molar-refractivity contribution in [3.63, 3.8) is 0 Å². The van der Waals surface area contributed by atoms with Crippen molar-refractivity contribution in [3.05, 3.63) is 35.4 Å². The molecule has 2 nitrogen and oxygen atoms in total. The first-order chi connectivity index (χ1) is 8.08. The Morgan fingerprint density at radius 3 is 2.29 bits per heavy atom. The lowest BCUT2D eigenvalue weighted by molar-refractivity contribution is 0.228. The number of hydrogen-bond donors (Lipinski definition) is 1. The van der Waals surface area contributed by atoms with Crippen LogP contribution in [0.4, 0.5) is 0 Å². The Morgan fingerprint density at radius 2 is 1.82 bits per heavy atom. The van der Waals surface area contributed by atoms with Gasteiger partial charge in [-0.2, -0.15) is 0 Å². The first-order valence-corrected chi connectivity index (χ1v) is 6.52. The first-order valence-electron chi connectivity index (χ1n) is 6.52. The van der Waals surface area contributed by atoms with Crippen LogP contribution in [0.3, 0.4) is 0 Å². The third-order valence-electron chi connectivity index (χ3n) is 3.64. The van der Waals surface area contributed by atoms with E-state index in [1.165, 1.54) is 17.5 Å². The first kappa shape index (κ1) is 14.2. The lowest BCUT2D eigenvalue weighted by atomic mass is 10.0. The molecule has 0 heterocycles. The molecule has 2 unspecified atom stereocenters. The van der Waals surface area contributed by atoms with E-state index < -0.39 is 0 Å². The SMILES string of the molecule is CCC(C)N(C)CC(NC)c1ccc(C)cc1. The predicted octanol–water partition coefficient (Wildman–Crippen LogP) is 2.99. The zero-order chi connectivity index (χ0) is 12.8. The topological polar surface area (TPSA) is 15.3 Å². The number of hydrogen-bond acceptors (Lipinski definition) is 2. The van der Waals surface area contributed by atoms with Gasteiger partial charge >= 0.3 is 0 Å². The summed E-state index contributed by atoms with van der Waals surface area (Å²) in [5.41, 5.74) is 2.69. The van der Waals surface area contributed by atoms with Crippen molar-refractivity contribution in [3.8, 4) is 0 Å². The van der Waals surface area contributed by atoms with Gasteiger partial charge in [0.05, 0.1) is 0 Å². The molecule has 1 aromatic carbocycles. The monoisotopic (exact) mass is 234 g/mol. The number of benzene rings is 1. The van der Waals surface area contributed by atoms with Crippen LogP contribution in [0.1, 0.15) is 37.4 Å². The largest absolute Gasteiger partial charge is 0.312 e. The summed E-state index contributed by atoms with van der Waals surface area (Å²) in [5.74, 6) is 0. The maximum Gasteiger partial charge on any atom is 0.0446 e. The van der Waals surface area contributed by atoms with E-state index in [0.29, 0.717) is 12.1 Å². The Bertz CT molecular complexity index is 318. The van der Waals surface area contributed by atoms with E-state index in [9.17, 15) is 0 Å². The summed E-state index contributed by atoms with van der Waals surface area (Å²) in [4.78, 5) is 2.42. The van der Waals surface area contributed by atoms with Gasteiger partial charge in [-0.05, 0) is 39.9 Å². The molecule has 0 radical (unpaired) electrons. The maximum absolute atomic E-state index is 3.41. The predicted molar refractivity (Wildman–Crippen MR) is 75.4 cm³/mol. The Balaban J connectivity index is 2.68. The number of aryl methyl sites for hydroxylation is 1. The van der Waals surface area contributed by atoms with Gasteiger partial charge in [-0.25, -0.2) is 0 Å². The molecule has 0 fully saturated rings. The second-order valence-electron chi connectivity index (χ2n) is 4.95. The normalized spacial score (nSPS) is 14.9. The summed E-state index contributed by atoms with van der Waals surface area (Å²) in [6, 6.07) is 9.86. The van der Waals surface area contributed by atoms with Crippen LogP contribution in [0.15, 0.2) is 24.3 Å². The second kappa shape index (κ2) is 6.77. The van der Waals surface area contributed by atoms with Crippen LogP contribution in [0, 0.1) is 6.92 Å². The van der Waals surface area contributed by atoms with Crippen molar-refractivity contribution in [2.75, 3.05) is 20.6 Å². The lowest BCUT2D eigenvalue weighted by Crippen LogP contribution is -2.36. The molecule has 1 N–H and O–H groups in total. The van der Waals surface area contributed by atoms with Crippen molar-refractivity contribution in [2.45, 2.75) is 39.3 Å². The van der Waals surface area contributed by atoms with Crippen LogP contribution in [-0.4, -0.2) is 31.6 Å². The molecule has 96 valence electrons. The number of nitrogens with zero attached hydrogens (tertiary/aromatic N) is 1. The highest BCUT2D eigenvalue weighted by atomic mass is 15.1. The molecule has 0 aliphatic heterocycles. The number of nitrogens with one attached hydrogen (secondary N) is 1. The van der Waals surface area contributed by atoms with Crippen LogP contribution in [0.5, 0.6) is 0 Å². The fourth-order valence-electron chi connectivity index (χ4n) is 1.94. The van der Waals surface area contributed by atoms with Crippen LogP contribution < -0.4 is 5.32 Å². The van der Waals surface area contributed by atoms with Crippen LogP contribution in [0.2, 0.25) is 0 Å². The van der Waals surface area contributed by atoms with Crippen LogP contribution >= 0.6 is 0 Å². The molecule has 0 amide bonds. The minimum Gasteiger partial charge on any atom is -0.312 e. The Labute approximate surface area is 106 Å². The minimum absolute atomic E-state index is 0.412. The molecular weight excluding hydrogens is 208 g/mol. The molecule has 0 bridgehead atoms. The Hall–Kier alpha value is -0.860. The summed E-state index contributed by atoms with van der Waals surface area (Å²) in [6.07, 6.45) is 1.20. The average Bonchev–Trinajstić information content (AvgIpc) is 2.35. The van der Waals surface area contributed by atoms with Gasteiger partial charge in [0.15, 0.2) is 0 Å². The zero-order valence-corrected chi connectivity index (χ0v) is 11.8. The highest BCUT2D eigenvalue weighted by Crippen LogP contribution is 2.16. The molecular formula is C15H26N2. The van der Waals surface area contributed by atoms with E-state index in [2.05, 4.69) is 62.3 Å². The summed E-state index contributed by atoms with van der Waals surface area (Å²) < 4.78 is 0. The smallest absolute Gasteiger partial charge is 0.0446 e. The second-order valence-corrected chi connectivity index (χ2v) is 4.95. The Kier molecular flexibility index (Phi) is 5.66. The molecule has 0 spiro atoms. The van der Waals surface area contributed by atoms with Gasteiger partial charge in [-0.1, -0.05) is 36.8 Å². The van der Waals surface area contributed by atoms with Crippen LogP contribution in [0.25, 0.3) is 0 Å². The van der Waals surface area contributed by atoms with Crippen molar-refractivity contribution < 1.29 is 0 Å². The van der Waals surface area contributed by atoms with Crippen molar-refractivity contribution in [2.24, 2.45) is 0 Å². The molecule has 0 aliphatic rings. The molecule has 2 heteroatoms. The van der Waals surface area contributed by atoms with E-state index in [-0.39, 0.29) is 0 Å². The number of rotatable bonds is 6. The standard InChI is InChI=1S/C15H26N2/c1-6-13(3)17(5)11-15(16-4)14-9-7-12(2)8-10-14/h7-10,13,15-16H,6,11H2,1-5H3. The van der Waals surface area contributed by atoms with Gasteiger partial charge in [0, 0.05) is 18.6 Å². The van der Waals surface area contributed by atoms with Crippen LogP contribution in [-0.2, 0) is 0 Å². The Morgan fingerprint density at radius 1 is 1.24 bits per heavy atom. The molecule has 0 aliphatic carbocycles. The highest BCUT2D eigenvalue weighted by Gasteiger charge is 2.14. The summed E-state index contributed by atoms with van der Waals surface area (Å²) in [5, 5.41) is 3.41. The summed E-state index contributed by atoms with van der Waals surface area (Å²) >= 11 is 0. The third-order valence-corrected chi connectivity index (χ3v) is 3.64. The van der Waals surface area contributed by atoms with Gasteiger partial charge in [0.25, 0.3) is 0 Å². The fourth-order valence-corrected chi connectivity index (χ4v) is 1.94. The third kappa shape index (κ3) is 4.14. The summed E-state index contributed by atoms with van der Waals surface area (Å²) in [6.45, 7) is 7.70. The van der Waals surface area contributed by atoms with Gasteiger partial charge in [-0.15, -0.1) is 0 Å². The van der Waals surface area contributed by atoms with Gasteiger partial charge in [0.1, 0.15) is 0 Å². The average molecular weight is 234 g/mol. The minimum atomic E-state index is 0.412. The number of likely N-dealkylation sites (N-methyl/N-ethyl adjacent to an activating group) is 2. The summed E-state index contributed by atoms with van der Waals surface area (Å²) in [7, 11) is 4.24. The van der Waals surface area contributed by atoms with Gasteiger partial charge < -0.3 is 10.2 Å². The molecule has 0 saturated carbocycles. The molecule has 1 aromatic rings. The van der Waals surface area contributed by atoms with Gasteiger partial charge in [0.2, 0.25) is 0 Å². The van der Waals surface area contributed by atoms with E-state index in [0.717, 1.165) is 6.54 Å². The van der Waals surface area contributed by atoms with Crippen molar-refractivity contribution in [1.29, 1.82) is 0 Å². The molecule has 2 atom stereocenters. The molecule has 0 saturated heterocycles. The van der Waals surface area contributed by atoms with Gasteiger partial charge in [-0.3, -0.25) is 0 Å². The highest BCUT2D eigenvalue weighted by molar-refractivity contribution is 5.24. The van der Waals surface area contributed by atoms with E-state index >= 15 is 0 Å². The maximum atomic E-state index is 3.41.